The predicted molar refractivity (Wildman–Crippen MR) is 72.3 cm³/mol. The number of methoxy groups -OCH3 is 1. The molecular formula is C13H20ClNO3. The highest BCUT2D eigenvalue weighted by atomic mass is 35.5. The Kier molecular flexibility index (Phi) is 7.05. The predicted octanol–water partition coefficient (Wildman–Crippen LogP) is 1.66. The summed E-state index contributed by atoms with van der Waals surface area (Å²) in [7, 11) is 3.51. The highest BCUT2D eigenvalue weighted by Crippen LogP contribution is 2.16. The summed E-state index contributed by atoms with van der Waals surface area (Å²) < 4.78 is 10.4. The van der Waals surface area contributed by atoms with Crippen LogP contribution in [0, 0.1) is 0 Å². The van der Waals surface area contributed by atoms with Crippen molar-refractivity contribution < 1.29 is 14.6 Å². The van der Waals surface area contributed by atoms with Gasteiger partial charge in [0, 0.05) is 25.2 Å². The highest BCUT2D eigenvalue weighted by molar-refractivity contribution is 6.30. The molecule has 0 saturated heterocycles. The number of aliphatic hydroxyl groups is 1. The second-order valence-corrected chi connectivity index (χ2v) is 4.61. The van der Waals surface area contributed by atoms with Crippen LogP contribution in [0.25, 0.3) is 0 Å². The summed E-state index contributed by atoms with van der Waals surface area (Å²) in [6, 6.07) is 7.30. The monoisotopic (exact) mass is 273 g/mol. The van der Waals surface area contributed by atoms with Gasteiger partial charge >= 0.3 is 0 Å². The van der Waals surface area contributed by atoms with Gasteiger partial charge in [-0.3, -0.25) is 0 Å². The molecule has 1 atom stereocenters. The van der Waals surface area contributed by atoms with Crippen molar-refractivity contribution in [3.63, 3.8) is 0 Å². The van der Waals surface area contributed by atoms with Crippen molar-refractivity contribution in [2.75, 3.05) is 40.5 Å². The number of hydrogen-bond acceptors (Lipinski definition) is 4. The highest BCUT2D eigenvalue weighted by Gasteiger charge is 2.07. The number of nitrogens with zero attached hydrogens (tertiary/aromatic N) is 1. The molecule has 1 unspecified atom stereocenters. The minimum Gasteiger partial charge on any atom is -0.492 e. The van der Waals surface area contributed by atoms with E-state index < -0.39 is 6.10 Å². The van der Waals surface area contributed by atoms with Gasteiger partial charge in [0.25, 0.3) is 0 Å². The maximum Gasteiger partial charge on any atom is 0.120 e. The lowest BCUT2D eigenvalue weighted by atomic mass is 10.3. The molecule has 0 bridgehead atoms. The van der Waals surface area contributed by atoms with Crippen molar-refractivity contribution in [2.45, 2.75) is 6.10 Å². The van der Waals surface area contributed by atoms with E-state index in [9.17, 15) is 5.11 Å². The first-order valence-corrected chi connectivity index (χ1v) is 6.23. The fourth-order valence-corrected chi connectivity index (χ4v) is 1.75. The molecule has 0 fully saturated rings. The Bertz CT molecular complexity index is 349. The van der Waals surface area contributed by atoms with Gasteiger partial charge in [-0.25, -0.2) is 0 Å². The van der Waals surface area contributed by atoms with Gasteiger partial charge in [0.15, 0.2) is 0 Å². The van der Waals surface area contributed by atoms with Gasteiger partial charge in [-0.1, -0.05) is 17.7 Å². The molecule has 1 rings (SSSR count). The average Bonchev–Trinajstić information content (AvgIpc) is 2.29. The van der Waals surface area contributed by atoms with E-state index in [-0.39, 0.29) is 0 Å². The van der Waals surface area contributed by atoms with Gasteiger partial charge in [-0.15, -0.1) is 0 Å². The van der Waals surface area contributed by atoms with Crippen molar-refractivity contribution in [2.24, 2.45) is 0 Å². The van der Waals surface area contributed by atoms with Crippen molar-refractivity contribution >= 4 is 11.6 Å². The molecule has 0 spiro atoms. The number of benzene rings is 1. The van der Waals surface area contributed by atoms with Crippen molar-refractivity contribution in [1.82, 2.24) is 4.90 Å². The number of likely N-dealkylation sites (N-methyl/N-ethyl adjacent to an activating group) is 1. The third-order valence-electron chi connectivity index (χ3n) is 2.42. The zero-order valence-electron chi connectivity index (χ0n) is 10.8. The minimum absolute atomic E-state index is 0.347. The first kappa shape index (κ1) is 15.2. The minimum atomic E-state index is -0.467. The molecule has 0 aromatic heterocycles. The Balaban J connectivity index is 2.21. The van der Waals surface area contributed by atoms with E-state index in [1.165, 1.54) is 0 Å². The molecule has 1 N–H and O–H groups in total. The maximum atomic E-state index is 9.55. The number of hydrogen-bond donors (Lipinski definition) is 1. The lowest BCUT2D eigenvalue weighted by Gasteiger charge is -2.20. The van der Waals surface area contributed by atoms with E-state index >= 15 is 0 Å². The summed E-state index contributed by atoms with van der Waals surface area (Å²) in [5.41, 5.74) is 0. The molecule has 0 saturated carbocycles. The van der Waals surface area contributed by atoms with Gasteiger partial charge in [-0.05, 0) is 25.2 Å². The van der Waals surface area contributed by atoms with Crippen LogP contribution in [0.3, 0.4) is 0 Å². The Hall–Kier alpha value is -0.810. The van der Waals surface area contributed by atoms with Gasteiger partial charge in [0.05, 0.1) is 12.7 Å². The molecule has 1 aromatic carbocycles. The quantitative estimate of drug-likeness (QED) is 0.782. The molecular weight excluding hydrogens is 254 g/mol. The van der Waals surface area contributed by atoms with E-state index in [1.54, 1.807) is 13.2 Å². The average molecular weight is 274 g/mol. The molecule has 4 nitrogen and oxygen atoms in total. The van der Waals surface area contributed by atoms with Crippen LogP contribution >= 0.6 is 11.6 Å². The zero-order chi connectivity index (χ0) is 13.4. The van der Waals surface area contributed by atoms with Gasteiger partial charge in [-0.2, -0.15) is 0 Å². The molecule has 0 amide bonds. The molecule has 0 heterocycles. The smallest absolute Gasteiger partial charge is 0.120 e. The second-order valence-electron chi connectivity index (χ2n) is 4.18. The standard InChI is InChI=1S/C13H20ClNO3/c1-15(9-12(16)10-17-2)6-7-18-13-5-3-4-11(14)8-13/h3-5,8,12,16H,6-7,9-10H2,1-2H3. The Morgan fingerprint density at radius 2 is 2.22 bits per heavy atom. The van der Waals surface area contributed by atoms with Crippen LogP contribution < -0.4 is 4.74 Å². The third kappa shape index (κ3) is 6.21. The molecule has 0 aliphatic carbocycles. The molecule has 1 aromatic rings. The Labute approximate surface area is 113 Å². The molecule has 102 valence electrons. The fraction of sp³-hybridized carbons (Fsp3) is 0.538. The number of rotatable bonds is 8. The Morgan fingerprint density at radius 1 is 1.44 bits per heavy atom. The number of halogens is 1. The van der Waals surface area contributed by atoms with Crippen molar-refractivity contribution in [1.29, 1.82) is 0 Å². The summed E-state index contributed by atoms with van der Waals surface area (Å²) in [4.78, 5) is 1.99. The summed E-state index contributed by atoms with van der Waals surface area (Å²) in [5.74, 6) is 0.758. The Morgan fingerprint density at radius 3 is 2.89 bits per heavy atom. The molecule has 5 heteroatoms. The molecule has 18 heavy (non-hydrogen) atoms. The van der Waals surface area contributed by atoms with E-state index in [0.29, 0.717) is 24.8 Å². The zero-order valence-corrected chi connectivity index (χ0v) is 11.6. The van der Waals surface area contributed by atoms with Crippen LogP contribution in [0.2, 0.25) is 5.02 Å². The topological polar surface area (TPSA) is 41.9 Å². The van der Waals surface area contributed by atoms with Crippen LogP contribution in [0.4, 0.5) is 0 Å². The largest absolute Gasteiger partial charge is 0.492 e. The van der Waals surface area contributed by atoms with Crippen LogP contribution in [0.5, 0.6) is 5.75 Å². The van der Waals surface area contributed by atoms with Crippen molar-refractivity contribution in [3.8, 4) is 5.75 Å². The van der Waals surface area contributed by atoms with Gasteiger partial charge < -0.3 is 19.5 Å². The summed E-state index contributed by atoms with van der Waals surface area (Å²) in [6.45, 7) is 2.19. The lowest BCUT2D eigenvalue weighted by molar-refractivity contribution is 0.0410. The van der Waals surface area contributed by atoms with E-state index in [1.807, 2.05) is 30.1 Å². The second kappa shape index (κ2) is 8.32. The van der Waals surface area contributed by atoms with Crippen LogP contribution in [-0.4, -0.2) is 56.6 Å². The first-order valence-electron chi connectivity index (χ1n) is 5.85. The first-order chi connectivity index (χ1) is 8.61. The summed E-state index contributed by atoms with van der Waals surface area (Å²) >= 11 is 5.85. The third-order valence-corrected chi connectivity index (χ3v) is 2.65. The van der Waals surface area contributed by atoms with Crippen LogP contribution in [0.15, 0.2) is 24.3 Å². The molecule has 0 radical (unpaired) electrons. The lowest BCUT2D eigenvalue weighted by Crippen LogP contribution is -2.34. The molecule has 0 aliphatic rings. The van der Waals surface area contributed by atoms with E-state index in [4.69, 9.17) is 21.1 Å². The summed E-state index contributed by atoms with van der Waals surface area (Å²) in [5, 5.41) is 10.2. The van der Waals surface area contributed by atoms with Crippen LogP contribution in [-0.2, 0) is 4.74 Å². The fourth-order valence-electron chi connectivity index (χ4n) is 1.57. The number of ether oxygens (including phenoxy) is 2. The van der Waals surface area contributed by atoms with Crippen LogP contribution in [0.1, 0.15) is 0 Å². The number of aliphatic hydroxyl groups excluding tert-OH is 1. The normalized spacial score (nSPS) is 12.7. The molecule has 0 aliphatic heterocycles. The van der Waals surface area contributed by atoms with Gasteiger partial charge in [0.2, 0.25) is 0 Å². The SMILES string of the molecule is COCC(O)CN(C)CCOc1cccc(Cl)c1. The summed E-state index contributed by atoms with van der Waals surface area (Å²) in [6.07, 6.45) is -0.467. The van der Waals surface area contributed by atoms with Crippen molar-refractivity contribution in [3.05, 3.63) is 29.3 Å². The van der Waals surface area contributed by atoms with E-state index in [0.717, 1.165) is 12.3 Å². The van der Waals surface area contributed by atoms with Gasteiger partial charge in [0.1, 0.15) is 12.4 Å². The maximum absolute atomic E-state index is 9.55. The van der Waals surface area contributed by atoms with E-state index in [2.05, 4.69) is 0 Å².